The van der Waals surface area contributed by atoms with Crippen LogP contribution in [0.5, 0.6) is 0 Å². The van der Waals surface area contributed by atoms with Crippen LogP contribution in [0.2, 0.25) is 0 Å². The third-order valence-corrected chi connectivity index (χ3v) is 3.94. The summed E-state index contributed by atoms with van der Waals surface area (Å²) in [5.41, 5.74) is 7.64. The molecule has 1 aromatic carbocycles. The Balaban J connectivity index is 1.89. The second kappa shape index (κ2) is 5.12. The lowest BCUT2D eigenvalue weighted by Crippen LogP contribution is -2.42. The Labute approximate surface area is 129 Å². The Kier molecular flexibility index (Phi) is 3.39. The molecule has 2 heterocycles. The minimum Gasteiger partial charge on any atom is -0.368 e. The number of nitrogens with two attached hydrogens (primary N) is 1. The van der Waals surface area contributed by atoms with Gasteiger partial charge in [-0.05, 0) is 11.6 Å². The van der Waals surface area contributed by atoms with Gasteiger partial charge in [0, 0.05) is 17.5 Å². The number of carbonyl (C=O) groups excluding carboxylic acids is 1. The molecule has 0 fully saturated rings. The number of rotatable bonds is 3. The van der Waals surface area contributed by atoms with Crippen molar-refractivity contribution in [3.05, 3.63) is 41.5 Å². The van der Waals surface area contributed by atoms with Crippen LogP contribution in [0.15, 0.2) is 24.3 Å². The van der Waals surface area contributed by atoms with Gasteiger partial charge in [-0.15, -0.1) is 0 Å². The van der Waals surface area contributed by atoms with E-state index in [1.807, 2.05) is 29.2 Å². The molecule has 6 nitrogen and oxygen atoms in total. The van der Waals surface area contributed by atoms with Crippen molar-refractivity contribution in [3.63, 3.8) is 0 Å². The third kappa shape index (κ3) is 2.56. The van der Waals surface area contributed by atoms with E-state index >= 15 is 0 Å². The van der Waals surface area contributed by atoms with Gasteiger partial charge in [-0.25, -0.2) is 4.98 Å². The Morgan fingerprint density at radius 2 is 2.14 bits per heavy atom. The van der Waals surface area contributed by atoms with E-state index in [9.17, 15) is 4.79 Å². The van der Waals surface area contributed by atoms with E-state index < -0.39 is 0 Å². The predicted octanol–water partition coefficient (Wildman–Crippen LogP) is 1.52. The number of anilines is 1. The van der Waals surface area contributed by atoms with Gasteiger partial charge in [0.2, 0.25) is 5.91 Å². The molecule has 116 valence electrons. The first-order valence-corrected chi connectivity index (χ1v) is 7.42. The highest BCUT2D eigenvalue weighted by Gasteiger charge is 2.33. The number of hydrogen-bond acceptors (Lipinski definition) is 4. The molecule has 0 aliphatic carbocycles. The predicted molar refractivity (Wildman–Crippen MR) is 84.4 cm³/mol. The molecule has 0 saturated heterocycles. The lowest BCUT2D eigenvalue weighted by atomic mass is 9.96. The Morgan fingerprint density at radius 1 is 1.41 bits per heavy atom. The third-order valence-electron chi connectivity index (χ3n) is 3.94. The molecule has 1 aliphatic heterocycles. The number of benzene rings is 1. The summed E-state index contributed by atoms with van der Waals surface area (Å²) in [4.78, 5) is 18.3. The zero-order chi connectivity index (χ0) is 15.9. The molecule has 2 aromatic rings. The molecule has 1 aromatic heterocycles. The largest absolute Gasteiger partial charge is 0.368 e. The molecule has 3 N–H and O–H groups in total. The van der Waals surface area contributed by atoms with Crippen molar-refractivity contribution in [1.82, 2.24) is 15.2 Å². The number of nitrogens with zero attached hydrogens (tertiary/aromatic N) is 3. The first kappa shape index (κ1) is 14.6. The summed E-state index contributed by atoms with van der Waals surface area (Å²) >= 11 is 0. The number of para-hydroxylation sites is 1. The lowest BCUT2D eigenvalue weighted by Gasteiger charge is -2.24. The SMILES string of the molecule is CC(C)(C)c1n[nH]c(CN2c3ccccc3C[C@H]2C(N)=O)n1. The molecule has 1 aliphatic rings. The number of H-pyrrole nitrogens is 1. The van der Waals surface area contributed by atoms with Gasteiger partial charge in [-0.2, -0.15) is 5.10 Å². The summed E-state index contributed by atoms with van der Waals surface area (Å²) < 4.78 is 0. The zero-order valence-electron chi connectivity index (χ0n) is 13.1. The molecular weight excluding hydrogens is 278 g/mol. The van der Waals surface area contributed by atoms with E-state index in [1.54, 1.807) is 0 Å². The van der Waals surface area contributed by atoms with E-state index in [0.717, 1.165) is 22.9 Å². The second-order valence-corrected chi connectivity index (χ2v) is 6.73. The van der Waals surface area contributed by atoms with Crippen LogP contribution in [0.3, 0.4) is 0 Å². The molecule has 0 bridgehead atoms. The number of aromatic nitrogens is 3. The highest BCUT2D eigenvalue weighted by molar-refractivity contribution is 5.86. The molecule has 0 unspecified atom stereocenters. The van der Waals surface area contributed by atoms with Crippen LogP contribution in [-0.4, -0.2) is 27.1 Å². The average Bonchev–Trinajstić information content (AvgIpc) is 3.04. The fourth-order valence-electron chi connectivity index (χ4n) is 2.76. The number of amides is 1. The number of carbonyl (C=O) groups is 1. The number of aromatic amines is 1. The van der Waals surface area contributed by atoms with Crippen LogP contribution in [0.4, 0.5) is 5.69 Å². The highest BCUT2D eigenvalue weighted by atomic mass is 16.1. The molecule has 0 saturated carbocycles. The standard InChI is InChI=1S/C16H21N5O/c1-16(2,3)15-18-13(19-20-15)9-21-11-7-5-4-6-10(11)8-12(21)14(17)22/h4-7,12H,8-9H2,1-3H3,(H2,17,22)(H,18,19,20)/t12-/m0/s1. The fourth-order valence-corrected chi connectivity index (χ4v) is 2.76. The van der Waals surface area contributed by atoms with Gasteiger partial charge in [0.25, 0.3) is 0 Å². The van der Waals surface area contributed by atoms with Crippen LogP contribution in [0.1, 0.15) is 38.0 Å². The maximum Gasteiger partial charge on any atom is 0.240 e. The van der Waals surface area contributed by atoms with E-state index in [2.05, 4.69) is 36.0 Å². The Hall–Kier alpha value is -2.37. The van der Waals surface area contributed by atoms with Crippen molar-refractivity contribution in [2.45, 2.75) is 45.2 Å². The van der Waals surface area contributed by atoms with Gasteiger partial charge in [-0.1, -0.05) is 39.0 Å². The quantitative estimate of drug-likeness (QED) is 0.899. The molecule has 0 spiro atoms. The summed E-state index contributed by atoms with van der Waals surface area (Å²) in [6.45, 7) is 6.69. The lowest BCUT2D eigenvalue weighted by molar-refractivity contribution is -0.119. The molecular formula is C16H21N5O. The molecule has 22 heavy (non-hydrogen) atoms. The average molecular weight is 299 g/mol. The number of nitrogens with one attached hydrogen (secondary N) is 1. The zero-order valence-corrected chi connectivity index (χ0v) is 13.1. The van der Waals surface area contributed by atoms with Crippen LogP contribution in [0.25, 0.3) is 0 Å². The number of fused-ring (bicyclic) bond motifs is 1. The van der Waals surface area contributed by atoms with Crippen molar-refractivity contribution in [1.29, 1.82) is 0 Å². The molecule has 0 radical (unpaired) electrons. The van der Waals surface area contributed by atoms with E-state index in [-0.39, 0.29) is 17.4 Å². The van der Waals surface area contributed by atoms with Gasteiger partial charge in [0.15, 0.2) is 5.82 Å². The topological polar surface area (TPSA) is 87.9 Å². The molecule has 3 rings (SSSR count). The molecule has 6 heteroatoms. The second-order valence-electron chi connectivity index (χ2n) is 6.73. The smallest absolute Gasteiger partial charge is 0.240 e. The summed E-state index contributed by atoms with van der Waals surface area (Å²) in [6, 6.07) is 7.66. The van der Waals surface area contributed by atoms with Gasteiger partial charge in [-0.3, -0.25) is 9.89 Å². The number of hydrogen-bond donors (Lipinski definition) is 2. The Morgan fingerprint density at radius 3 is 2.77 bits per heavy atom. The van der Waals surface area contributed by atoms with Gasteiger partial charge < -0.3 is 10.6 Å². The van der Waals surface area contributed by atoms with Crippen molar-refractivity contribution in [3.8, 4) is 0 Å². The number of primary amides is 1. The first-order chi connectivity index (χ1) is 10.4. The summed E-state index contributed by atoms with van der Waals surface area (Å²) in [7, 11) is 0. The van der Waals surface area contributed by atoms with Gasteiger partial charge >= 0.3 is 0 Å². The maximum absolute atomic E-state index is 11.8. The van der Waals surface area contributed by atoms with Gasteiger partial charge in [0.05, 0.1) is 6.54 Å². The van der Waals surface area contributed by atoms with E-state index in [4.69, 9.17) is 5.73 Å². The fraction of sp³-hybridized carbons (Fsp3) is 0.438. The van der Waals surface area contributed by atoms with Crippen molar-refractivity contribution < 1.29 is 4.79 Å². The minimum absolute atomic E-state index is 0.110. The monoisotopic (exact) mass is 299 g/mol. The summed E-state index contributed by atoms with van der Waals surface area (Å²) in [6.07, 6.45) is 0.645. The van der Waals surface area contributed by atoms with Crippen molar-refractivity contribution >= 4 is 11.6 Å². The van der Waals surface area contributed by atoms with Crippen LogP contribution in [-0.2, 0) is 23.2 Å². The van der Waals surface area contributed by atoms with Crippen molar-refractivity contribution in [2.75, 3.05) is 4.90 Å². The van der Waals surface area contributed by atoms with E-state index in [0.29, 0.717) is 13.0 Å². The first-order valence-electron chi connectivity index (χ1n) is 7.42. The Bertz CT molecular complexity index is 701. The van der Waals surface area contributed by atoms with E-state index in [1.165, 1.54) is 0 Å². The maximum atomic E-state index is 11.8. The van der Waals surface area contributed by atoms with Gasteiger partial charge in [0.1, 0.15) is 11.9 Å². The molecule has 1 atom stereocenters. The molecule has 1 amide bonds. The van der Waals surface area contributed by atoms with Crippen LogP contribution >= 0.6 is 0 Å². The summed E-state index contributed by atoms with van der Waals surface area (Å²) in [5, 5.41) is 7.25. The van der Waals surface area contributed by atoms with Crippen LogP contribution in [0, 0.1) is 0 Å². The normalized spacial score (nSPS) is 17.6. The highest BCUT2D eigenvalue weighted by Crippen LogP contribution is 2.33. The van der Waals surface area contributed by atoms with Crippen molar-refractivity contribution in [2.24, 2.45) is 5.73 Å². The minimum atomic E-state index is -0.333. The van der Waals surface area contributed by atoms with Crippen LogP contribution < -0.4 is 10.6 Å². The summed E-state index contributed by atoms with van der Waals surface area (Å²) in [5.74, 6) is 1.20.